The number of ether oxygens (including phenoxy) is 2. The van der Waals surface area contributed by atoms with Crippen LogP contribution in [0.4, 0.5) is 0 Å². The zero-order valence-electron chi connectivity index (χ0n) is 28.3. The summed E-state index contributed by atoms with van der Waals surface area (Å²) in [5, 5.41) is 65.8. The van der Waals surface area contributed by atoms with Gasteiger partial charge in [-0.2, -0.15) is 0 Å². The number of ketones is 6. The van der Waals surface area contributed by atoms with Gasteiger partial charge >= 0.3 is 17.1 Å². The number of carbonyl (C=O) groups excluding carboxylic acids is 6. The molecule has 14 nitrogen and oxygen atoms in total. The number of carbonyl (C=O) groups is 6. The summed E-state index contributed by atoms with van der Waals surface area (Å²) in [6.07, 6.45) is 2.18. The van der Waals surface area contributed by atoms with Gasteiger partial charge in [-0.05, 0) is 66.5 Å². The summed E-state index contributed by atoms with van der Waals surface area (Å²) >= 11 is 0. The summed E-state index contributed by atoms with van der Waals surface area (Å²) in [7, 11) is 0. The van der Waals surface area contributed by atoms with Gasteiger partial charge in [0.1, 0.15) is 79.1 Å². The summed E-state index contributed by atoms with van der Waals surface area (Å²) < 4.78 is 11.1. The second-order valence-corrected chi connectivity index (χ2v) is 12.6. The predicted molar refractivity (Wildman–Crippen MR) is 167 cm³/mol. The molecule has 0 spiro atoms. The van der Waals surface area contributed by atoms with E-state index in [1.165, 1.54) is 41.5 Å². The van der Waals surface area contributed by atoms with E-state index in [2.05, 4.69) is 0 Å². The second kappa shape index (κ2) is 12.3. The van der Waals surface area contributed by atoms with Crippen molar-refractivity contribution in [2.24, 2.45) is 0 Å². The summed E-state index contributed by atoms with van der Waals surface area (Å²) in [4.78, 5) is 73.3. The van der Waals surface area contributed by atoms with Crippen molar-refractivity contribution in [2.45, 2.75) is 66.2 Å². The molecule has 2 aliphatic carbocycles. The van der Waals surface area contributed by atoms with E-state index in [1.54, 1.807) is 0 Å². The number of fused-ring (bicyclic) bond motifs is 6. The molecule has 1 radical (unpaired) electrons. The number of hydrogen-bond acceptors (Lipinski definition) is 14. The minimum Gasteiger partial charge on any atom is -0.872 e. The fourth-order valence-corrected chi connectivity index (χ4v) is 6.68. The number of aliphatic hydroxyl groups is 2. The zero-order chi connectivity index (χ0) is 37.7. The maximum Gasteiger partial charge on any atom is 2.00 e. The Morgan fingerprint density at radius 3 is 1.16 bits per heavy atom. The van der Waals surface area contributed by atoms with Crippen LogP contribution in [-0.4, -0.2) is 55.1 Å². The number of aliphatic hydroxyl groups excluding tert-OH is 2. The van der Waals surface area contributed by atoms with Crippen molar-refractivity contribution >= 4 is 34.7 Å². The predicted octanol–water partition coefficient (Wildman–Crippen LogP) is 2.99. The van der Waals surface area contributed by atoms with Crippen LogP contribution >= 0.6 is 0 Å². The minimum absolute atomic E-state index is 0. The Hall–Kier alpha value is -5.66. The van der Waals surface area contributed by atoms with Crippen molar-refractivity contribution in [2.75, 3.05) is 0 Å². The number of aromatic hydroxyl groups is 2. The molecule has 269 valence electrons. The van der Waals surface area contributed by atoms with Gasteiger partial charge in [-0.1, -0.05) is 11.5 Å². The zero-order valence-corrected chi connectivity index (χ0v) is 29.3. The molecule has 51 heavy (non-hydrogen) atoms. The molecule has 0 saturated heterocycles. The molecule has 4 aliphatic rings. The van der Waals surface area contributed by atoms with Gasteiger partial charge in [0.05, 0.1) is 0 Å². The Morgan fingerprint density at radius 2 is 0.902 bits per heavy atom. The molecule has 0 saturated carbocycles. The molecular formula is C36H30CuO14. The molecule has 0 aromatic heterocycles. The molecule has 2 aromatic rings. The number of phenolic OH excluding ortho intramolecular Hbond substituents is 2. The fraction of sp³-hybridized carbons (Fsp3) is 0.278. The van der Waals surface area contributed by atoms with E-state index in [1.807, 2.05) is 0 Å². The van der Waals surface area contributed by atoms with Crippen molar-refractivity contribution in [1.82, 2.24) is 0 Å². The number of hydrogen-bond donors (Lipinski definition) is 4. The summed E-state index contributed by atoms with van der Waals surface area (Å²) in [5.41, 5.74) is -5.00. The van der Waals surface area contributed by atoms with Gasteiger partial charge in [-0.3, -0.25) is 28.8 Å². The Morgan fingerprint density at radius 1 is 0.608 bits per heavy atom. The molecule has 0 amide bonds. The summed E-state index contributed by atoms with van der Waals surface area (Å²) in [6.45, 7) is 10.1. The van der Waals surface area contributed by atoms with Crippen LogP contribution in [0.2, 0.25) is 0 Å². The van der Waals surface area contributed by atoms with Gasteiger partial charge in [-0.25, -0.2) is 0 Å². The maximum absolute atomic E-state index is 12.9. The molecule has 0 bridgehead atoms. The maximum atomic E-state index is 12.9. The Balaban J connectivity index is 0.000000224. The number of rotatable bonds is 4. The van der Waals surface area contributed by atoms with Gasteiger partial charge in [0.15, 0.2) is 34.7 Å². The smallest absolute Gasteiger partial charge is 0.872 e. The van der Waals surface area contributed by atoms with Crippen LogP contribution in [0.1, 0.15) is 84.5 Å². The van der Waals surface area contributed by atoms with Gasteiger partial charge in [0.25, 0.3) is 0 Å². The first-order valence-corrected chi connectivity index (χ1v) is 15.0. The Bertz CT molecular complexity index is 2060. The van der Waals surface area contributed by atoms with Crippen LogP contribution in [0.25, 0.3) is 0 Å². The van der Waals surface area contributed by atoms with Gasteiger partial charge in [-0.15, -0.1) is 0 Å². The van der Waals surface area contributed by atoms with E-state index in [0.717, 1.165) is 26.0 Å². The first kappa shape index (κ1) is 38.1. The molecule has 6 rings (SSSR count). The quantitative estimate of drug-likeness (QED) is 0.199. The van der Waals surface area contributed by atoms with Crippen LogP contribution in [0.3, 0.4) is 0 Å². The fourth-order valence-electron chi connectivity index (χ4n) is 6.68. The van der Waals surface area contributed by atoms with Crippen molar-refractivity contribution in [3.63, 3.8) is 0 Å². The Kier molecular flexibility index (Phi) is 9.19. The third kappa shape index (κ3) is 4.98. The normalized spacial score (nSPS) is 21.0. The standard InChI is InChI=1S/2C18H16O7.Cu/c2*1-6-14(22)12(8(3)20)16-13(15(6)23)18(4)10(25-16)5-9(21)11(7(2)19)17(18)24;/h2*5,21-23H,1-4H3;/q;;+2/p-2. The largest absolute Gasteiger partial charge is 2.00 e. The first-order chi connectivity index (χ1) is 23.1. The third-order valence-corrected chi connectivity index (χ3v) is 9.46. The average Bonchev–Trinajstić information content (AvgIpc) is 3.46. The second-order valence-electron chi connectivity index (χ2n) is 12.6. The monoisotopic (exact) mass is 749 g/mol. The van der Waals surface area contributed by atoms with Crippen molar-refractivity contribution in [3.8, 4) is 34.5 Å². The molecule has 0 fully saturated rings. The van der Waals surface area contributed by atoms with E-state index in [9.17, 15) is 59.4 Å². The first-order valence-electron chi connectivity index (χ1n) is 15.0. The van der Waals surface area contributed by atoms with E-state index in [-0.39, 0.29) is 73.5 Å². The molecule has 2 aromatic carbocycles. The van der Waals surface area contributed by atoms with E-state index >= 15 is 0 Å². The van der Waals surface area contributed by atoms with Gasteiger partial charge < -0.3 is 40.1 Å². The summed E-state index contributed by atoms with van der Waals surface area (Å²) in [5.74, 6) is -7.95. The van der Waals surface area contributed by atoms with E-state index in [0.29, 0.717) is 0 Å². The number of Topliss-reactive ketones (excluding diaryl/α,β-unsaturated/α-hetero) is 6. The number of allylic oxidation sites excluding steroid dienone is 6. The van der Waals surface area contributed by atoms with Gasteiger partial charge in [0.2, 0.25) is 0 Å². The van der Waals surface area contributed by atoms with Crippen LogP contribution in [-0.2, 0) is 47.1 Å². The van der Waals surface area contributed by atoms with E-state index in [4.69, 9.17) is 9.47 Å². The number of benzene rings is 2. The van der Waals surface area contributed by atoms with Crippen molar-refractivity contribution in [3.05, 3.63) is 79.7 Å². The molecule has 2 heterocycles. The van der Waals surface area contributed by atoms with E-state index < -0.39 is 91.2 Å². The van der Waals surface area contributed by atoms with Crippen molar-refractivity contribution < 1.29 is 85.9 Å². The molecule has 15 heteroatoms. The van der Waals surface area contributed by atoms with Crippen LogP contribution in [0, 0.1) is 13.8 Å². The minimum atomic E-state index is -1.65. The van der Waals surface area contributed by atoms with Crippen LogP contribution < -0.4 is 19.7 Å². The molecular weight excluding hydrogens is 720 g/mol. The SMILES string of the molecule is CC(=O)C1=C(O)C=C2Oc3c(C(C)=O)c(O)c(C)c([O-])c3C2(C)C1=O.CC(=O)C1=C(O)C=C2Oc3c(C(C)=O)c(O)c(C)c([O-])c3C2(C)C1=O.[Cu+2]. The Labute approximate surface area is 300 Å². The van der Waals surface area contributed by atoms with Gasteiger partial charge in [0, 0.05) is 23.3 Å². The molecule has 2 atom stereocenters. The number of phenols is 2. The van der Waals surface area contributed by atoms with Crippen LogP contribution in [0.15, 0.2) is 46.3 Å². The summed E-state index contributed by atoms with van der Waals surface area (Å²) in [6, 6.07) is 0. The molecule has 2 unspecified atom stereocenters. The molecule has 2 aliphatic heterocycles. The molecule has 4 N–H and O–H groups in total. The average molecular weight is 750 g/mol. The topological polar surface area (TPSA) is 248 Å². The van der Waals surface area contributed by atoms with Crippen molar-refractivity contribution in [1.29, 1.82) is 0 Å². The van der Waals surface area contributed by atoms with Crippen LogP contribution in [0.5, 0.6) is 34.5 Å². The third-order valence-electron chi connectivity index (χ3n) is 9.46.